The molecule has 3 heterocycles. The molecule has 140 valence electrons. The van der Waals surface area contributed by atoms with Crippen LogP contribution in [-0.2, 0) is 17.8 Å². The van der Waals surface area contributed by atoms with Crippen LogP contribution < -0.4 is 5.56 Å². The van der Waals surface area contributed by atoms with Gasteiger partial charge in [-0.05, 0) is 13.0 Å². The molecule has 0 bridgehead atoms. The highest BCUT2D eigenvalue weighted by molar-refractivity contribution is 7.09. The molecule has 1 aliphatic heterocycles. The van der Waals surface area contributed by atoms with Crippen molar-refractivity contribution in [1.29, 1.82) is 0 Å². The molecule has 1 fully saturated rings. The van der Waals surface area contributed by atoms with Crippen LogP contribution in [0.3, 0.4) is 0 Å². The highest BCUT2D eigenvalue weighted by atomic mass is 32.1. The normalized spacial score (nSPS) is 15.4. The van der Waals surface area contributed by atoms with Crippen molar-refractivity contribution in [1.82, 2.24) is 25.0 Å². The number of hydrogen-bond donors (Lipinski definition) is 1. The highest BCUT2D eigenvalue weighted by Crippen LogP contribution is 2.15. The Hall–Kier alpha value is -2.58. The molecule has 7 nitrogen and oxygen atoms in total. The van der Waals surface area contributed by atoms with Crippen molar-refractivity contribution in [2.45, 2.75) is 19.9 Å². The monoisotopic (exact) mass is 383 g/mol. The molecule has 0 aliphatic carbocycles. The lowest BCUT2D eigenvalue weighted by molar-refractivity contribution is -0.132. The van der Waals surface area contributed by atoms with Gasteiger partial charge in [-0.25, -0.2) is 10.1 Å². The number of carbonyl (C=O) groups excluding carboxylic acids is 1. The van der Waals surface area contributed by atoms with Gasteiger partial charge in [0.15, 0.2) is 0 Å². The Morgan fingerprint density at radius 2 is 1.93 bits per heavy atom. The number of carbonyl (C=O) groups is 1. The molecule has 0 saturated carbocycles. The minimum Gasteiger partial charge on any atom is -0.340 e. The topological polar surface area (TPSA) is 82.2 Å². The number of nitrogens with one attached hydrogen (secondary N) is 1. The van der Waals surface area contributed by atoms with Crippen molar-refractivity contribution in [2.24, 2.45) is 0 Å². The van der Waals surface area contributed by atoms with Crippen molar-refractivity contribution in [3.8, 4) is 0 Å². The number of H-pyrrole nitrogens is 1. The van der Waals surface area contributed by atoms with E-state index in [1.165, 1.54) is 0 Å². The molecule has 1 aromatic carbocycles. The number of fused-ring (bicyclic) bond motifs is 1. The number of amides is 1. The zero-order chi connectivity index (χ0) is 18.8. The van der Waals surface area contributed by atoms with Crippen LogP contribution in [0.2, 0.25) is 0 Å². The lowest BCUT2D eigenvalue weighted by Gasteiger charge is -2.34. The van der Waals surface area contributed by atoms with E-state index in [-0.39, 0.29) is 17.9 Å². The Bertz CT molecular complexity index is 1020. The third-order valence-corrected chi connectivity index (χ3v) is 5.69. The van der Waals surface area contributed by atoms with Crippen molar-refractivity contribution < 1.29 is 4.79 Å². The number of thiazole rings is 1. The first-order valence-electron chi connectivity index (χ1n) is 8.97. The molecular formula is C19H21N5O2S. The number of nitrogens with zero attached hydrogens (tertiary/aromatic N) is 4. The fourth-order valence-corrected chi connectivity index (χ4v) is 4.03. The number of rotatable bonds is 4. The van der Waals surface area contributed by atoms with Crippen molar-refractivity contribution in [3.05, 3.63) is 56.4 Å². The summed E-state index contributed by atoms with van der Waals surface area (Å²) in [6, 6.07) is 7.26. The van der Waals surface area contributed by atoms with Crippen LogP contribution in [-0.4, -0.2) is 57.1 Å². The number of hydrogen-bond acceptors (Lipinski definition) is 6. The van der Waals surface area contributed by atoms with Gasteiger partial charge in [0.05, 0.1) is 28.2 Å². The molecular weight excluding hydrogens is 362 g/mol. The van der Waals surface area contributed by atoms with E-state index in [0.29, 0.717) is 24.2 Å². The van der Waals surface area contributed by atoms with Gasteiger partial charge in [0.2, 0.25) is 5.91 Å². The third-order valence-electron chi connectivity index (χ3n) is 4.87. The van der Waals surface area contributed by atoms with Gasteiger partial charge in [-0.1, -0.05) is 18.2 Å². The molecule has 1 aliphatic rings. The van der Waals surface area contributed by atoms with Crippen LogP contribution in [0.15, 0.2) is 34.4 Å². The van der Waals surface area contributed by atoms with Gasteiger partial charge in [-0.15, -0.1) is 11.3 Å². The summed E-state index contributed by atoms with van der Waals surface area (Å²) in [5.74, 6) is 0.0452. The van der Waals surface area contributed by atoms with Gasteiger partial charge < -0.3 is 4.90 Å². The van der Waals surface area contributed by atoms with E-state index >= 15 is 0 Å². The Labute approximate surface area is 160 Å². The average Bonchev–Trinajstić information content (AvgIpc) is 3.09. The second-order valence-electron chi connectivity index (χ2n) is 6.74. The number of piperazine rings is 1. The smallest absolute Gasteiger partial charge is 0.272 e. The largest absolute Gasteiger partial charge is 0.340 e. The van der Waals surface area contributed by atoms with E-state index in [1.807, 2.05) is 30.0 Å². The van der Waals surface area contributed by atoms with Gasteiger partial charge in [0.1, 0.15) is 0 Å². The van der Waals surface area contributed by atoms with Crippen molar-refractivity contribution >= 4 is 28.0 Å². The molecule has 1 N–H and O–H groups in total. The average molecular weight is 383 g/mol. The maximum atomic E-state index is 12.7. The number of benzene rings is 1. The van der Waals surface area contributed by atoms with Gasteiger partial charge in [0.25, 0.3) is 5.56 Å². The first-order chi connectivity index (χ1) is 13.1. The summed E-state index contributed by atoms with van der Waals surface area (Å²) in [7, 11) is 0. The molecule has 3 aromatic rings. The van der Waals surface area contributed by atoms with Crippen LogP contribution >= 0.6 is 11.3 Å². The number of aromatic amines is 1. The number of aryl methyl sites for hydroxylation is 1. The molecule has 8 heteroatoms. The van der Waals surface area contributed by atoms with Crippen molar-refractivity contribution in [2.75, 3.05) is 26.2 Å². The first kappa shape index (κ1) is 17.8. The maximum absolute atomic E-state index is 12.7. The summed E-state index contributed by atoms with van der Waals surface area (Å²) >= 11 is 1.67. The van der Waals surface area contributed by atoms with E-state index in [1.54, 1.807) is 17.4 Å². The molecule has 0 spiro atoms. The Morgan fingerprint density at radius 3 is 2.63 bits per heavy atom. The molecule has 1 amide bonds. The summed E-state index contributed by atoms with van der Waals surface area (Å²) in [5.41, 5.74) is 1.49. The third kappa shape index (κ3) is 3.91. The zero-order valence-electron chi connectivity index (χ0n) is 15.1. The SMILES string of the molecule is Cc1nc(CN2CCN(C(=O)Cc3n[nH]c(=O)c4ccccc34)CC2)cs1. The van der Waals surface area contributed by atoms with Crippen LogP contribution in [0.4, 0.5) is 0 Å². The minimum absolute atomic E-state index is 0.0452. The van der Waals surface area contributed by atoms with Crippen LogP contribution in [0.5, 0.6) is 0 Å². The quantitative estimate of drug-likeness (QED) is 0.740. The van der Waals surface area contributed by atoms with E-state index in [4.69, 9.17) is 0 Å². The molecule has 27 heavy (non-hydrogen) atoms. The van der Waals surface area contributed by atoms with E-state index < -0.39 is 0 Å². The fraction of sp³-hybridized carbons (Fsp3) is 0.368. The Morgan fingerprint density at radius 1 is 1.19 bits per heavy atom. The minimum atomic E-state index is -0.229. The predicted octanol–water partition coefficient (Wildman–Crippen LogP) is 1.57. The summed E-state index contributed by atoms with van der Waals surface area (Å²) in [6.45, 7) is 5.91. The molecule has 0 atom stereocenters. The van der Waals surface area contributed by atoms with Crippen LogP contribution in [0.1, 0.15) is 16.4 Å². The fourth-order valence-electron chi connectivity index (χ4n) is 3.43. The van der Waals surface area contributed by atoms with E-state index in [0.717, 1.165) is 35.7 Å². The second-order valence-corrected chi connectivity index (χ2v) is 7.80. The van der Waals surface area contributed by atoms with Gasteiger partial charge in [0, 0.05) is 43.5 Å². The lowest BCUT2D eigenvalue weighted by Crippen LogP contribution is -2.48. The van der Waals surface area contributed by atoms with E-state index in [9.17, 15) is 9.59 Å². The summed E-state index contributed by atoms with van der Waals surface area (Å²) in [5, 5.41) is 11.1. The first-order valence-corrected chi connectivity index (χ1v) is 9.85. The molecule has 0 unspecified atom stereocenters. The van der Waals surface area contributed by atoms with Gasteiger partial charge in [-0.3, -0.25) is 14.5 Å². The lowest BCUT2D eigenvalue weighted by atomic mass is 10.1. The summed E-state index contributed by atoms with van der Waals surface area (Å²) in [4.78, 5) is 33.3. The molecule has 4 rings (SSSR count). The molecule has 2 aromatic heterocycles. The number of aromatic nitrogens is 3. The van der Waals surface area contributed by atoms with Crippen LogP contribution in [0.25, 0.3) is 10.8 Å². The molecule has 1 saturated heterocycles. The summed E-state index contributed by atoms with van der Waals surface area (Å²) in [6.07, 6.45) is 0.197. The Balaban J connectivity index is 1.39. The second kappa shape index (κ2) is 7.58. The Kier molecular flexibility index (Phi) is 5.00. The van der Waals surface area contributed by atoms with Crippen LogP contribution in [0, 0.1) is 6.92 Å². The standard InChI is InChI=1S/C19H21N5O2S/c1-13-20-14(12-27-13)11-23-6-8-24(9-7-23)18(25)10-17-15-4-2-3-5-16(15)19(26)22-21-17/h2-5,12H,6-11H2,1H3,(H,22,26). The summed E-state index contributed by atoms with van der Waals surface area (Å²) < 4.78 is 0. The predicted molar refractivity (Wildman–Crippen MR) is 105 cm³/mol. The zero-order valence-corrected chi connectivity index (χ0v) is 16.0. The highest BCUT2D eigenvalue weighted by Gasteiger charge is 2.22. The van der Waals surface area contributed by atoms with Gasteiger partial charge >= 0.3 is 0 Å². The molecule has 0 radical (unpaired) electrons. The van der Waals surface area contributed by atoms with Crippen molar-refractivity contribution in [3.63, 3.8) is 0 Å². The van der Waals surface area contributed by atoms with E-state index in [2.05, 4.69) is 25.5 Å². The van der Waals surface area contributed by atoms with Gasteiger partial charge in [-0.2, -0.15) is 5.10 Å². The maximum Gasteiger partial charge on any atom is 0.272 e.